The Hall–Kier alpha value is -2.88. The molecule has 0 N–H and O–H groups in total. The lowest BCUT2D eigenvalue weighted by atomic mass is 9.81. The van der Waals surface area contributed by atoms with Gasteiger partial charge in [0, 0.05) is 117 Å². The maximum absolute atomic E-state index is 2.50. The molecule has 2 nitrogen and oxygen atoms in total. The van der Waals surface area contributed by atoms with Gasteiger partial charge in [0.05, 0.1) is 22.4 Å². The van der Waals surface area contributed by atoms with Crippen molar-refractivity contribution in [2.75, 3.05) is 4.90 Å². The zero-order valence-corrected chi connectivity index (χ0v) is 39.5. The smallest absolute Gasteiger partial charge is 0.0543 e. The molecule has 0 saturated carbocycles. The van der Waals surface area contributed by atoms with E-state index in [9.17, 15) is 0 Å². The van der Waals surface area contributed by atoms with Gasteiger partial charge in [-0.1, -0.05) is 113 Å². The fraction of sp³-hybridized carbons (Fsp3) is 0.0833. The summed E-state index contributed by atoms with van der Waals surface area (Å²) >= 11 is 7.20. The molecule has 0 atom stereocenters. The summed E-state index contributed by atoms with van der Waals surface area (Å²) in [5, 5.41) is 7.62. The van der Waals surface area contributed by atoms with Crippen LogP contribution in [-0.4, -0.2) is 4.57 Å². The number of aromatic nitrogens is 1. The number of hydrogen-bond donors (Lipinski definition) is 0. The molecule has 0 spiro atoms. The molecule has 0 unspecified atom stereocenters. The second-order valence-corrected chi connectivity index (χ2v) is 20.8. The molecule has 0 amide bonds. The van der Waals surface area contributed by atoms with E-state index >= 15 is 0 Å². The van der Waals surface area contributed by atoms with Gasteiger partial charge in [0.2, 0.25) is 0 Å². The van der Waals surface area contributed by atoms with Crippen LogP contribution >= 0.6 is 90.4 Å². The number of nitrogens with zero attached hydrogens (tertiary/aromatic N) is 2. The molecule has 0 radical (unpaired) electrons. The molecule has 1 heterocycles. The minimum Gasteiger partial charge on any atom is -0.309 e. The van der Waals surface area contributed by atoms with Crippen LogP contribution in [0.5, 0.6) is 0 Å². The monoisotopic (exact) mass is 1110 g/mol. The molecule has 9 aromatic rings. The summed E-state index contributed by atoms with van der Waals surface area (Å²) in [5.74, 6) is 0. The SMILES string of the molecule is Cc1ccc(N(c2ccc(SI)c3ccccc23)c2cc3c(c4ccccc24)-c2ccc(-n4c5ccc(SI)cc5c5cc(SI)ccc54)cc2C3(C)C)cc1. The highest BCUT2D eigenvalue weighted by atomic mass is 127. The number of aryl methyl sites for hydroxylation is 1. The summed E-state index contributed by atoms with van der Waals surface area (Å²) < 4.78 is 2.47. The number of anilines is 3. The number of benzene rings is 8. The van der Waals surface area contributed by atoms with Gasteiger partial charge in [-0.15, -0.1) is 0 Å². The standard InChI is InChI=1S/C48H33I3N2S3/c1-28-12-14-29(15-13-28)52(42-22-23-46(56-51)35-10-6-4-8-33(35)42)45-27-41-47(36-11-7-5-9-34(36)45)37-19-16-30(24-40(37)48(41,2)3)53-43-20-17-31(54-49)25-38(43)39-26-32(55-50)18-21-44(39)53/h4-27H,1-3H3. The Balaban J connectivity index is 1.21. The van der Waals surface area contributed by atoms with Gasteiger partial charge in [-0.05, 0) is 119 Å². The quantitative estimate of drug-likeness (QED) is 0.147. The molecule has 10 rings (SSSR count). The van der Waals surface area contributed by atoms with E-state index in [4.69, 9.17) is 0 Å². The second kappa shape index (κ2) is 14.7. The van der Waals surface area contributed by atoms with Crippen molar-refractivity contribution >= 4 is 151 Å². The van der Waals surface area contributed by atoms with Crippen LogP contribution in [0.2, 0.25) is 0 Å². The molecule has 0 bridgehead atoms. The van der Waals surface area contributed by atoms with Crippen molar-refractivity contribution in [3.8, 4) is 16.8 Å². The minimum absolute atomic E-state index is 0.253. The molecule has 8 heteroatoms. The Morgan fingerprint density at radius 2 is 1.12 bits per heavy atom. The van der Waals surface area contributed by atoms with Crippen molar-refractivity contribution in [1.82, 2.24) is 4.57 Å². The van der Waals surface area contributed by atoms with Crippen LogP contribution in [0.15, 0.2) is 160 Å². The van der Waals surface area contributed by atoms with Crippen molar-refractivity contribution < 1.29 is 0 Å². The highest BCUT2D eigenvalue weighted by Gasteiger charge is 2.38. The molecule has 0 saturated heterocycles. The Kier molecular flexibility index (Phi) is 9.84. The number of hydrogen-bond acceptors (Lipinski definition) is 4. The van der Waals surface area contributed by atoms with Crippen molar-refractivity contribution in [2.24, 2.45) is 0 Å². The zero-order chi connectivity index (χ0) is 38.3. The molecule has 274 valence electrons. The van der Waals surface area contributed by atoms with Gasteiger partial charge in [0.1, 0.15) is 0 Å². The molecule has 1 aliphatic rings. The van der Waals surface area contributed by atoms with Gasteiger partial charge in [0.25, 0.3) is 0 Å². The maximum Gasteiger partial charge on any atom is 0.0543 e. The highest BCUT2D eigenvalue weighted by Crippen LogP contribution is 2.56. The molecular formula is C48H33I3N2S3. The summed E-state index contributed by atoms with van der Waals surface area (Å²) in [5.41, 5.74) is 13.6. The Morgan fingerprint density at radius 3 is 1.75 bits per heavy atom. The first-order chi connectivity index (χ1) is 27.3. The van der Waals surface area contributed by atoms with Crippen LogP contribution in [0.1, 0.15) is 30.5 Å². The average molecular weight is 1110 g/mol. The molecule has 1 aromatic heterocycles. The van der Waals surface area contributed by atoms with Crippen molar-refractivity contribution in [2.45, 2.75) is 40.9 Å². The van der Waals surface area contributed by atoms with Crippen LogP contribution in [0, 0.1) is 6.92 Å². The van der Waals surface area contributed by atoms with Crippen LogP contribution in [0.25, 0.3) is 60.2 Å². The van der Waals surface area contributed by atoms with Crippen LogP contribution in [0.3, 0.4) is 0 Å². The van der Waals surface area contributed by atoms with Gasteiger partial charge in [-0.3, -0.25) is 0 Å². The fourth-order valence-electron chi connectivity index (χ4n) is 8.85. The summed E-state index contributed by atoms with van der Waals surface area (Å²) in [7, 11) is 5.31. The van der Waals surface area contributed by atoms with Crippen LogP contribution in [-0.2, 0) is 5.41 Å². The Labute approximate surface area is 376 Å². The molecule has 8 aromatic carbocycles. The van der Waals surface area contributed by atoms with Crippen molar-refractivity contribution in [3.05, 3.63) is 162 Å². The molecule has 0 aliphatic heterocycles. The Morgan fingerprint density at radius 1 is 0.518 bits per heavy atom. The normalized spacial score (nSPS) is 13.2. The van der Waals surface area contributed by atoms with Gasteiger partial charge < -0.3 is 9.47 Å². The van der Waals surface area contributed by atoms with Crippen LogP contribution in [0.4, 0.5) is 17.1 Å². The van der Waals surface area contributed by atoms with E-state index in [0.29, 0.717) is 0 Å². The average Bonchev–Trinajstić information content (AvgIpc) is 3.68. The zero-order valence-electron chi connectivity index (χ0n) is 30.6. The number of rotatable bonds is 7. The first-order valence-corrected chi connectivity index (χ1v) is 28.4. The number of halogens is 3. The predicted octanol–water partition coefficient (Wildman–Crippen LogP) is 17.5. The van der Waals surface area contributed by atoms with Gasteiger partial charge in [0.15, 0.2) is 0 Å². The van der Waals surface area contributed by atoms with Crippen LogP contribution < -0.4 is 4.90 Å². The van der Waals surface area contributed by atoms with E-state index in [-0.39, 0.29) is 5.41 Å². The molecule has 56 heavy (non-hydrogen) atoms. The third-order valence-electron chi connectivity index (χ3n) is 11.5. The van der Waals surface area contributed by atoms with Crippen molar-refractivity contribution in [3.63, 3.8) is 0 Å². The summed E-state index contributed by atoms with van der Waals surface area (Å²) in [6.07, 6.45) is 0. The van der Waals surface area contributed by atoms with E-state index < -0.39 is 0 Å². The lowest BCUT2D eigenvalue weighted by Gasteiger charge is -2.31. The topological polar surface area (TPSA) is 8.17 Å². The Bertz CT molecular complexity index is 2980. The third kappa shape index (κ3) is 5.93. The van der Waals surface area contributed by atoms with E-state index in [1.165, 1.54) is 103 Å². The summed E-state index contributed by atoms with van der Waals surface area (Å²) in [6, 6.07) is 55.0. The second-order valence-electron chi connectivity index (χ2n) is 14.9. The molecule has 0 fully saturated rings. The van der Waals surface area contributed by atoms with E-state index in [1.54, 1.807) is 26.8 Å². The first kappa shape index (κ1) is 37.4. The largest absolute Gasteiger partial charge is 0.309 e. The first-order valence-electron chi connectivity index (χ1n) is 18.3. The predicted molar refractivity (Wildman–Crippen MR) is 272 cm³/mol. The highest BCUT2D eigenvalue weighted by molar-refractivity contribution is 14.2. The summed E-state index contributed by atoms with van der Waals surface area (Å²) in [4.78, 5) is 6.31. The fourth-order valence-corrected chi connectivity index (χ4v) is 12.6. The van der Waals surface area contributed by atoms with E-state index in [2.05, 4.69) is 239 Å². The number of fused-ring (bicyclic) bond motifs is 9. The molecule has 1 aliphatic carbocycles. The van der Waals surface area contributed by atoms with Crippen molar-refractivity contribution in [1.29, 1.82) is 0 Å². The minimum atomic E-state index is -0.253. The lowest BCUT2D eigenvalue weighted by molar-refractivity contribution is 0.660. The maximum atomic E-state index is 2.50. The van der Waals surface area contributed by atoms with Gasteiger partial charge in [-0.2, -0.15) is 0 Å². The van der Waals surface area contributed by atoms with Gasteiger partial charge in [-0.25, -0.2) is 0 Å². The lowest BCUT2D eigenvalue weighted by Crippen LogP contribution is -2.17. The summed E-state index contributed by atoms with van der Waals surface area (Å²) in [6.45, 7) is 6.99. The third-order valence-corrected chi connectivity index (χ3v) is 17.4. The molecular weight excluding hydrogens is 1080 g/mol. The van der Waals surface area contributed by atoms with E-state index in [0.717, 1.165) is 5.69 Å². The van der Waals surface area contributed by atoms with E-state index in [1.807, 2.05) is 0 Å². The van der Waals surface area contributed by atoms with Gasteiger partial charge >= 0.3 is 0 Å².